The van der Waals surface area contributed by atoms with E-state index in [1.165, 1.54) is 12.1 Å². The van der Waals surface area contributed by atoms with Crippen LogP contribution in [0.25, 0.3) is 0 Å². The molecule has 1 heterocycles. The highest BCUT2D eigenvalue weighted by Gasteiger charge is 2.17. The van der Waals surface area contributed by atoms with E-state index < -0.39 is 4.92 Å². The number of hydrogen-bond acceptors (Lipinski definition) is 6. The van der Waals surface area contributed by atoms with Crippen LogP contribution in [0.4, 0.5) is 27.5 Å². The molecule has 2 N–H and O–H groups in total. The van der Waals surface area contributed by atoms with Gasteiger partial charge in [-0.3, -0.25) is 10.1 Å². The summed E-state index contributed by atoms with van der Waals surface area (Å²) in [5.41, 5.74) is 0.680. The lowest BCUT2D eigenvalue weighted by atomic mass is 10.2. The van der Waals surface area contributed by atoms with Crippen molar-refractivity contribution in [3.05, 3.63) is 45.9 Å². The first-order valence-electron chi connectivity index (χ1n) is 5.73. The SMILES string of the molecule is CNc1ncc([N+](=O)[O-])c(Nc2ccc(F)c(C)c2)n1. The standard InChI is InChI=1S/C12H12FN5O2/c1-7-5-8(3-4-9(7)13)16-11-10(18(19)20)6-15-12(14-2)17-11/h3-6H,1-2H3,(H2,14,15,16,17). The van der Waals surface area contributed by atoms with Crippen LogP contribution in [0.2, 0.25) is 0 Å². The molecule has 0 spiro atoms. The van der Waals surface area contributed by atoms with Crippen molar-refractivity contribution in [3.8, 4) is 0 Å². The maximum absolute atomic E-state index is 13.2. The Hall–Kier alpha value is -2.77. The first-order valence-corrected chi connectivity index (χ1v) is 5.73. The van der Waals surface area contributed by atoms with E-state index in [4.69, 9.17) is 0 Å². The van der Waals surface area contributed by atoms with Gasteiger partial charge in [0.1, 0.15) is 12.0 Å². The van der Waals surface area contributed by atoms with Crippen molar-refractivity contribution >= 4 is 23.1 Å². The lowest BCUT2D eigenvalue weighted by molar-refractivity contribution is -0.384. The Bertz CT molecular complexity index is 662. The van der Waals surface area contributed by atoms with Crippen LogP contribution in [-0.4, -0.2) is 21.9 Å². The van der Waals surface area contributed by atoms with Crippen molar-refractivity contribution < 1.29 is 9.31 Å². The fourth-order valence-corrected chi connectivity index (χ4v) is 1.58. The van der Waals surface area contributed by atoms with Crippen LogP contribution in [0.15, 0.2) is 24.4 Å². The van der Waals surface area contributed by atoms with E-state index in [0.29, 0.717) is 11.3 Å². The number of anilines is 3. The monoisotopic (exact) mass is 277 g/mol. The van der Waals surface area contributed by atoms with Crippen molar-refractivity contribution in [2.75, 3.05) is 17.7 Å². The third kappa shape index (κ3) is 2.79. The quantitative estimate of drug-likeness (QED) is 0.659. The first kappa shape index (κ1) is 13.7. The Labute approximate surface area is 114 Å². The van der Waals surface area contributed by atoms with E-state index in [1.807, 2.05) is 0 Å². The smallest absolute Gasteiger partial charge is 0.329 e. The molecule has 0 radical (unpaired) electrons. The lowest BCUT2D eigenvalue weighted by Gasteiger charge is -2.08. The fourth-order valence-electron chi connectivity index (χ4n) is 1.58. The second-order valence-corrected chi connectivity index (χ2v) is 4.02. The van der Waals surface area contributed by atoms with Crippen LogP contribution in [0.3, 0.4) is 0 Å². The van der Waals surface area contributed by atoms with Gasteiger partial charge in [-0.2, -0.15) is 4.98 Å². The molecule has 1 aromatic carbocycles. The van der Waals surface area contributed by atoms with E-state index in [9.17, 15) is 14.5 Å². The summed E-state index contributed by atoms with van der Waals surface area (Å²) in [7, 11) is 1.60. The van der Waals surface area contributed by atoms with Gasteiger partial charge in [-0.05, 0) is 30.7 Å². The Balaban J connectivity index is 2.40. The second kappa shape index (κ2) is 5.47. The summed E-state index contributed by atoms with van der Waals surface area (Å²) in [5.74, 6) is -0.0547. The zero-order chi connectivity index (χ0) is 14.7. The maximum atomic E-state index is 13.2. The number of benzene rings is 1. The van der Waals surface area contributed by atoms with Gasteiger partial charge in [-0.1, -0.05) is 0 Å². The predicted octanol–water partition coefficient (Wildman–Crippen LogP) is 2.62. The third-order valence-electron chi connectivity index (χ3n) is 2.61. The minimum absolute atomic E-state index is 0.0420. The number of halogens is 1. The molecule has 0 saturated carbocycles. The Morgan fingerprint density at radius 2 is 2.15 bits per heavy atom. The van der Waals surface area contributed by atoms with E-state index in [0.717, 1.165) is 6.20 Å². The van der Waals surface area contributed by atoms with Gasteiger partial charge >= 0.3 is 5.69 Å². The second-order valence-electron chi connectivity index (χ2n) is 4.02. The fraction of sp³-hybridized carbons (Fsp3) is 0.167. The van der Waals surface area contributed by atoms with Crippen molar-refractivity contribution in [2.45, 2.75) is 6.92 Å². The normalized spacial score (nSPS) is 10.2. The molecule has 1 aromatic heterocycles. The highest BCUT2D eigenvalue weighted by atomic mass is 19.1. The van der Waals surface area contributed by atoms with Gasteiger partial charge < -0.3 is 10.6 Å². The van der Waals surface area contributed by atoms with Gasteiger partial charge in [0.05, 0.1) is 4.92 Å². The molecule has 2 rings (SSSR count). The minimum atomic E-state index is -0.585. The number of nitro groups is 1. The molecule has 0 saturated heterocycles. The molecule has 0 atom stereocenters. The summed E-state index contributed by atoms with van der Waals surface area (Å²) < 4.78 is 13.2. The average molecular weight is 277 g/mol. The van der Waals surface area contributed by atoms with Crippen LogP contribution in [0, 0.1) is 22.9 Å². The molecule has 0 unspecified atom stereocenters. The van der Waals surface area contributed by atoms with E-state index >= 15 is 0 Å². The molecule has 0 bridgehead atoms. The van der Waals surface area contributed by atoms with Crippen molar-refractivity contribution in [2.24, 2.45) is 0 Å². The summed E-state index contributed by atoms with van der Waals surface area (Å²) in [6.07, 6.45) is 1.11. The molecule has 0 amide bonds. The molecule has 0 aliphatic carbocycles. The lowest BCUT2D eigenvalue weighted by Crippen LogP contribution is -2.04. The van der Waals surface area contributed by atoms with Crippen LogP contribution in [0.5, 0.6) is 0 Å². The topological polar surface area (TPSA) is 93.0 Å². The summed E-state index contributed by atoms with van der Waals surface area (Å²) in [4.78, 5) is 18.1. The molecular weight excluding hydrogens is 265 g/mol. The summed E-state index contributed by atoms with van der Waals surface area (Å²) >= 11 is 0. The summed E-state index contributed by atoms with van der Waals surface area (Å²) in [6.45, 7) is 1.61. The highest BCUT2D eigenvalue weighted by molar-refractivity contribution is 5.66. The van der Waals surface area contributed by atoms with Crippen molar-refractivity contribution in [3.63, 3.8) is 0 Å². The van der Waals surface area contributed by atoms with Gasteiger partial charge in [0.2, 0.25) is 11.8 Å². The van der Waals surface area contributed by atoms with Crippen LogP contribution in [0.1, 0.15) is 5.56 Å². The minimum Gasteiger partial charge on any atom is -0.357 e. The van der Waals surface area contributed by atoms with Gasteiger partial charge in [-0.15, -0.1) is 0 Å². The third-order valence-corrected chi connectivity index (χ3v) is 2.61. The molecule has 104 valence electrons. The number of aromatic nitrogens is 2. The van der Waals surface area contributed by atoms with E-state index in [2.05, 4.69) is 20.6 Å². The zero-order valence-electron chi connectivity index (χ0n) is 10.8. The van der Waals surface area contributed by atoms with E-state index in [-0.39, 0.29) is 23.3 Å². The number of rotatable bonds is 4. The summed E-state index contributed by atoms with van der Waals surface area (Å²) in [6, 6.07) is 4.30. The first-order chi connectivity index (χ1) is 9.51. The number of nitrogens with zero attached hydrogens (tertiary/aromatic N) is 3. The van der Waals surface area contributed by atoms with Gasteiger partial charge in [0.25, 0.3) is 0 Å². The molecule has 0 fully saturated rings. The molecular formula is C12H12FN5O2. The predicted molar refractivity (Wildman–Crippen MR) is 72.7 cm³/mol. The molecule has 8 heteroatoms. The number of aryl methyl sites for hydroxylation is 1. The zero-order valence-corrected chi connectivity index (χ0v) is 10.8. The Kier molecular flexibility index (Phi) is 3.74. The maximum Gasteiger partial charge on any atom is 0.329 e. The largest absolute Gasteiger partial charge is 0.357 e. The Morgan fingerprint density at radius 3 is 2.75 bits per heavy atom. The van der Waals surface area contributed by atoms with E-state index in [1.54, 1.807) is 20.0 Å². The van der Waals surface area contributed by atoms with Gasteiger partial charge in [-0.25, -0.2) is 9.37 Å². The number of hydrogen-bond donors (Lipinski definition) is 2. The van der Waals surface area contributed by atoms with Crippen LogP contribution in [-0.2, 0) is 0 Å². The Morgan fingerprint density at radius 1 is 1.40 bits per heavy atom. The van der Waals surface area contributed by atoms with Gasteiger partial charge in [0.15, 0.2) is 0 Å². The van der Waals surface area contributed by atoms with Gasteiger partial charge in [0, 0.05) is 12.7 Å². The molecule has 7 nitrogen and oxygen atoms in total. The van der Waals surface area contributed by atoms with Crippen LogP contribution >= 0.6 is 0 Å². The van der Waals surface area contributed by atoms with Crippen molar-refractivity contribution in [1.29, 1.82) is 0 Å². The van der Waals surface area contributed by atoms with Crippen LogP contribution < -0.4 is 10.6 Å². The molecule has 2 aromatic rings. The van der Waals surface area contributed by atoms with Crippen molar-refractivity contribution in [1.82, 2.24) is 9.97 Å². The molecule has 0 aliphatic rings. The average Bonchev–Trinajstić information content (AvgIpc) is 2.42. The molecule has 20 heavy (non-hydrogen) atoms. The number of nitrogens with one attached hydrogen (secondary N) is 2. The highest BCUT2D eigenvalue weighted by Crippen LogP contribution is 2.26. The molecule has 0 aliphatic heterocycles. The summed E-state index contributed by atoms with van der Waals surface area (Å²) in [5, 5.41) is 16.4.